The molecule has 0 bridgehead atoms. The Labute approximate surface area is 155 Å². The third-order valence-electron chi connectivity index (χ3n) is 3.77. The van der Waals surface area contributed by atoms with Gasteiger partial charge in [-0.3, -0.25) is 14.9 Å². The molecule has 2 rings (SSSR count). The van der Waals surface area contributed by atoms with Gasteiger partial charge in [0.05, 0.1) is 23.0 Å². The summed E-state index contributed by atoms with van der Waals surface area (Å²) in [5, 5.41) is 19.6. The number of ether oxygens (including phenoxy) is 1. The second-order valence-corrected chi connectivity index (χ2v) is 5.62. The highest BCUT2D eigenvalue weighted by Gasteiger charge is 2.19. The lowest BCUT2D eigenvalue weighted by Gasteiger charge is -2.21. The van der Waals surface area contributed by atoms with Gasteiger partial charge in [0.15, 0.2) is 6.61 Å². The number of nitro groups is 1. The van der Waals surface area contributed by atoms with Crippen molar-refractivity contribution in [1.82, 2.24) is 0 Å². The van der Waals surface area contributed by atoms with E-state index in [2.05, 4.69) is 0 Å². The van der Waals surface area contributed by atoms with Gasteiger partial charge in [-0.15, -0.1) is 0 Å². The molecule has 0 saturated carbocycles. The Morgan fingerprint density at radius 1 is 1.22 bits per heavy atom. The number of esters is 1. The lowest BCUT2D eigenvalue weighted by atomic mass is 10.1. The van der Waals surface area contributed by atoms with E-state index in [0.717, 1.165) is 0 Å². The van der Waals surface area contributed by atoms with Gasteiger partial charge < -0.3 is 9.64 Å². The molecule has 0 radical (unpaired) electrons. The molecule has 0 unspecified atom stereocenters. The predicted molar refractivity (Wildman–Crippen MR) is 97.1 cm³/mol. The Hall–Kier alpha value is -3.73. The van der Waals surface area contributed by atoms with Gasteiger partial charge in [0.1, 0.15) is 0 Å². The number of anilines is 1. The number of nitrogens with zero attached hydrogens (tertiary/aromatic N) is 3. The summed E-state index contributed by atoms with van der Waals surface area (Å²) in [6, 6.07) is 14.6. The molecule has 27 heavy (non-hydrogen) atoms. The van der Waals surface area contributed by atoms with Crippen molar-refractivity contribution in [2.75, 3.05) is 18.1 Å². The number of aryl methyl sites for hydroxylation is 1. The monoisotopic (exact) mass is 367 g/mol. The molecule has 0 spiro atoms. The van der Waals surface area contributed by atoms with E-state index in [0.29, 0.717) is 11.3 Å². The van der Waals surface area contributed by atoms with E-state index in [1.54, 1.807) is 30.3 Å². The number of rotatable bonds is 7. The summed E-state index contributed by atoms with van der Waals surface area (Å²) >= 11 is 0. The van der Waals surface area contributed by atoms with Gasteiger partial charge in [-0.1, -0.05) is 18.2 Å². The second kappa shape index (κ2) is 9.10. The van der Waals surface area contributed by atoms with Gasteiger partial charge in [0.25, 0.3) is 11.6 Å². The lowest BCUT2D eigenvalue weighted by Crippen LogP contribution is -2.35. The number of hydrogen-bond acceptors (Lipinski definition) is 6. The van der Waals surface area contributed by atoms with Crippen molar-refractivity contribution in [3.8, 4) is 6.07 Å². The van der Waals surface area contributed by atoms with Crippen LogP contribution in [0, 0.1) is 28.4 Å². The summed E-state index contributed by atoms with van der Waals surface area (Å²) in [6.07, 6.45) is 0.135. The summed E-state index contributed by atoms with van der Waals surface area (Å²) in [7, 11) is 0. The summed E-state index contributed by atoms with van der Waals surface area (Å²) < 4.78 is 5.04. The Morgan fingerprint density at radius 3 is 2.52 bits per heavy atom. The minimum Gasteiger partial charge on any atom is -0.452 e. The van der Waals surface area contributed by atoms with E-state index in [9.17, 15) is 19.7 Å². The van der Waals surface area contributed by atoms with Crippen LogP contribution in [0.15, 0.2) is 48.5 Å². The van der Waals surface area contributed by atoms with Crippen LogP contribution in [0.4, 0.5) is 11.4 Å². The first-order valence-corrected chi connectivity index (χ1v) is 8.08. The van der Waals surface area contributed by atoms with Crippen LogP contribution in [0.1, 0.15) is 22.3 Å². The van der Waals surface area contributed by atoms with Gasteiger partial charge in [0.2, 0.25) is 0 Å². The van der Waals surface area contributed by atoms with E-state index in [1.807, 2.05) is 6.07 Å². The lowest BCUT2D eigenvalue weighted by molar-refractivity contribution is -0.385. The zero-order chi connectivity index (χ0) is 19.8. The summed E-state index contributed by atoms with van der Waals surface area (Å²) in [5.74, 6) is -1.22. The van der Waals surface area contributed by atoms with Crippen LogP contribution in [0.5, 0.6) is 0 Å². The van der Waals surface area contributed by atoms with Gasteiger partial charge in [0, 0.05) is 23.9 Å². The molecule has 0 aliphatic carbocycles. The zero-order valence-electron chi connectivity index (χ0n) is 14.6. The van der Waals surface area contributed by atoms with Gasteiger partial charge in [-0.25, -0.2) is 4.79 Å². The maximum absolute atomic E-state index is 12.4. The zero-order valence-corrected chi connectivity index (χ0v) is 14.6. The maximum Gasteiger partial charge on any atom is 0.338 e. The second-order valence-electron chi connectivity index (χ2n) is 5.62. The Morgan fingerprint density at radius 2 is 1.93 bits per heavy atom. The van der Waals surface area contributed by atoms with Crippen LogP contribution < -0.4 is 4.90 Å². The number of nitriles is 1. The largest absolute Gasteiger partial charge is 0.452 e. The van der Waals surface area contributed by atoms with Crippen molar-refractivity contribution in [3.05, 3.63) is 69.8 Å². The number of amides is 1. The van der Waals surface area contributed by atoms with E-state index < -0.39 is 23.4 Å². The molecule has 8 heteroatoms. The summed E-state index contributed by atoms with van der Waals surface area (Å²) in [5.41, 5.74) is 0.934. The molecule has 0 fully saturated rings. The molecule has 0 aliphatic heterocycles. The van der Waals surface area contributed by atoms with Gasteiger partial charge >= 0.3 is 5.97 Å². The van der Waals surface area contributed by atoms with Crippen molar-refractivity contribution in [3.63, 3.8) is 0 Å². The molecular formula is C19H17N3O5. The number of para-hydroxylation sites is 1. The third kappa shape index (κ3) is 5.12. The van der Waals surface area contributed by atoms with Crippen LogP contribution in [0.2, 0.25) is 0 Å². The fraction of sp³-hybridized carbons (Fsp3) is 0.211. The highest BCUT2D eigenvalue weighted by atomic mass is 16.6. The highest BCUT2D eigenvalue weighted by Crippen LogP contribution is 2.19. The average molecular weight is 367 g/mol. The molecule has 2 aromatic rings. The number of carbonyl (C=O) groups excluding carboxylic acids is 2. The molecule has 0 heterocycles. The van der Waals surface area contributed by atoms with Crippen LogP contribution in [0.25, 0.3) is 0 Å². The van der Waals surface area contributed by atoms with E-state index in [4.69, 9.17) is 10.00 Å². The molecule has 0 atom stereocenters. The maximum atomic E-state index is 12.4. The van der Waals surface area contributed by atoms with Crippen molar-refractivity contribution >= 4 is 23.3 Å². The van der Waals surface area contributed by atoms with Crippen LogP contribution in [-0.2, 0) is 9.53 Å². The van der Waals surface area contributed by atoms with E-state index >= 15 is 0 Å². The Balaban J connectivity index is 2.06. The van der Waals surface area contributed by atoms with E-state index in [-0.39, 0.29) is 24.2 Å². The first-order valence-electron chi connectivity index (χ1n) is 8.08. The average Bonchev–Trinajstić information content (AvgIpc) is 2.66. The summed E-state index contributed by atoms with van der Waals surface area (Å²) in [4.78, 5) is 36.2. The molecule has 0 N–H and O–H groups in total. The van der Waals surface area contributed by atoms with Crippen LogP contribution in [-0.4, -0.2) is 30.0 Å². The minimum atomic E-state index is -0.755. The first-order chi connectivity index (χ1) is 12.9. The number of nitro benzene ring substituents is 1. The van der Waals surface area contributed by atoms with Gasteiger partial charge in [-0.2, -0.15) is 5.26 Å². The molecule has 1 amide bonds. The van der Waals surface area contributed by atoms with Gasteiger partial charge in [-0.05, 0) is 31.2 Å². The molecule has 138 valence electrons. The smallest absolute Gasteiger partial charge is 0.338 e. The molecule has 0 aliphatic rings. The van der Waals surface area contributed by atoms with Crippen LogP contribution in [0.3, 0.4) is 0 Å². The number of carbonyl (C=O) groups is 2. The number of hydrogen-bond donors (Lipinski definition) is 0. The van der Waals surface area contributed by atoms with Crippen molar-refractivity contribution in [1.29, 1.82) is 5.26 Å². The molecular weight excluding hydrogens is 350 g/mol. The molecule has 8 nitrogen and oxygen atoms in total. The van der Waals surface area contributed by atoms with Crippen molar-refractivity contribution < 1.29 is 19.2 Å². The molecule has 0 saturated heterocycles. The standard InChI is InChI=1S/C19H17N3O5/c1-14-12-15(8-9-17(14)22(25)26)19(24)27-13-18(23)21(11-5-10-20)16-6-3-2-4-7-16/h2-4,6-9,12H,5,11,13H2,1H3. The van der Waals surface area contributed by atoms with Crippen LogP contribution >= 0.6 is 0 Å². The third-order valence-corrected chi connectivity index (χ3v) is 3.77. The minimum absolute atomic E-state index is 0.102. The van der Waals surface area contributed by atoms with Crippen molar-refractivity contribution in [2.24, 2.45) is 0 Å². The molecule has 0 aromatic heterocycles. The predicted octanol–water partition coefficient (Wildman–Crippen LogP) is 3.01. The topological polar surface area (TPSA) is 114 Å². The first kappa shape index (κ1) is 19.6. The fourth-order valence-electron chi connectivity index (χ4n) is 2.44. The normalized spacial score (nSPS) is 9.93. The molecule has 2 aromatic carbocycles. The number of benzene rings is 2. The quantitative estimate of drug-likeness (QED) is 0.422. The van der Waals surface area contributed by atoms with Crippen molar-refractivity contribution in [2.45, 2.75) is 13.3 Å². The van der Waals surface area contributed by atoms with E-state index in [1.165, 1.54) is 30.0 Å². The highest BCUT2D eigenvalue weighted by molar-refractivity contribution is 5.97. The SMILES string of the molecule is Cc1cc(C(=O)OCC(=O)N(CCC#N)c2ccccc2)ccc1[N+](=O)[O-]. The summed E-state index contributed by atoms with van der Waals surface area (Å²) in [6.45, 7) is 1.18. The fourth-order valence-corrected chi connectivity index (χ4v) is 2.44. The Kier molecular flexibility index (Phi) is 6.61. The Bertz CT molecular complexity index is 890.